The van der Waals surface area contributed by atoms with Crippen molar-refractivity contribution >= 4 is 9.39 Å². The van der Waals surface area contributed by atoms with Crippen LogP contribution in [0.15, 0.2) is 0 Å². The second-order valence-electron chi connectivity index (χ2n) is 4.85. The van der Waals surface area contributed by atoms with E-state index in [1.165, 1.54) is 0 Å². The fourth-order valence-electron chi connectivity index (χ4n) is 2.86. The normalized spacial score (nSPS) is 13.8. The van der Waals surface area contributed by atoms with Crippen LogP contribution in [0.3, 0.4) is 0 Å². The van der Waals surface area contributed by atoms with E-state index in [9.17, 15) is 0 Å². The van der Waals surface area contributed by atoms with E-state index < -0.39 is 11.7 Å². The van der Waals surface area contributed by atoms with Crippen molar-refractivity contribution in [2.45, 2.75) is 32.5 Å². The minimum Gasteiger partial charge on any atom is -0.337 e. The SMILES string of the molecule is CCN(C)C(N(C)CC)(N(C)CC)C(NP)(OC)OC. The van der Waals surface area contributed by atoms with E-state index in [4.69, 9.17) is 9.47 Å². The number of nitrogens with one attached hydrogen (secondary N) is 1. The number of nitrogens with zero attached hydrogens (tertiary/aromatic N) is 3. The summed E-state index contributed by atoms with van der Waals surface area (Å²) in [6, 6.07) is 0. The molecule has 0 aromatic heterocycles. The first-order chi connectivity index (χ1) is 9.38. The Balaban J connectivity index is 6.22. The molecule has 0 radical (unpaired) electrons. The third-order valence-corrected chi connectivity index (χ3v) is 4.61. The molecule has 0 saturated heterocycles. The molecule has 6 nitrogen and oxygen atoms in total. The van der Waals surface area contributed by atoms with Gasteiger partial charge in [0.1, 0.15) is 0 Å². The maximum Gasteiger partial charge on any atom is 0.278 e. The topological polar surface area (TPSA) is 40.2 Å². The molecular weight excluding hydrogens is 275 g/mol. The number of methoxy groups -OCH3 is 2. The first kappa shape index (κ1) is 20.2. The quantitative estimate of drug-likeness (QED) is 0.476. The van der Waals surface area contributed by atoms with Gasteiger partial charge in [0, 0.05) is 14.2 Å². The van der Waals surface area contributed by atoms with Crippen LogP contribution in [0.1, 0.15) is 20.8 Å². The van der Waals surface area contributed by atoms with Crippen LogP contribution >= 0.6 is 9.39 Å². The average Bonchev–Trinajstić information content (AvgIpc) is 2.50. The first-order valence-electron chi connectivity index (χ1n) is 7.10. The summed E-state index contributed by atoms with van der Waals surface area (Å²) in [5.74, 6) is -1.59. The standard InChI is InChI=1S/C13H33N4O2P/c1-9-15(4)13(16(5)10-2,17(6)11-3)12(14-20,18-7)19-8/h14H,9-11,20H2,1-8H3. The Morgan fingerprint density at radius 1 is 0.850 bits per heavy atom. The van der Waals surface area contributed by atoms with Gasteiger partial charge in [-0.3, -0.25) is 14.7 Å². The van der Waals surface area contributed by atoms with Gasteiger partial charge in [-0.05, 0) is 40.8 Å². The number of hydrogen-bond donors (Lipinski definition) is 1. The molecule has 0 rings (SSSR count). The van der Waals surface area contributed by atoms with E-state index in [0.717, 1.165) is 19.6 Å². The van der Waals surface area contributed by atoms with Gasteiger partial charge in [-0.25, -0.2) is 5.09 Å². The van der Waals surface area contributed by atoms with Crippen molar-refractivity contribution in [3.8, 4) is 0 Å². The molecule has 0 aliphatic carbocycles. The second-order valence-corrected chi connectivity index (χ2v) is 5.14. The highest BCUT2D eigenvalue weighted by atomic mass is 31.0. The Hall–Kier alpha value is 0.190. The largest absolute Gasteiger partial charge is 0.337 e. The molecule has 0 spiro atoms. The molecule has 1 unspecified atom stereocenters. The maximum atomic E-state index is 5.79. The summed E-state index contributed by atoms with van der Waals surface area (Å²) in [5, 5.41) is 3.15. The van der Waals surface area contributed by atoms with Crippen LogP contribution in [0.2, 0.25) is 0 Å². The Labute approximate surface area is 127 Å². The summed E-state index contributed by atoms with van der Waals surface area (Å²) in [7, 11) is 12.1. The molecule has 0 amide bonds. The summed E-state index contributed by atoms with van der Waals surface area (Å²) < 4.78 is 11.6. The van der Waals surface area contributed by atoms with E-state index in [-0.39, 0.29) is 0 Å². The molecule has 0 bridgehead atoms. The lowest BCUT2D eigenvalue weighted by molar-refractivity contribution is -0.360. The Morgan fingerprint density at radius 3 is 1.30 bits per heavy atom. The van der Waals surface area contributed by atoms with E-state index in [2.05, 4.69) is 71.1 Å². The van der Waals surface area contributed by atoms with Crippen LogP contribution < -0.4 is 5.09 Å². The van der Waals surface area contributed by atoms with Crippen LogP contribution in [0.25, 0.3) is 0 Å². The zero-order valence-corrected chi connectivity index (χ0v) is 15.5. The summed E-state index contributed by atoms with van der Waals surface area (Å²) in [6.07, 6.45) is 0. The van der Waals surface area contributed by atoms with Crippen LogP contribution in [-0.2, 0) is 9.47 Å². The molecule has 0 aliphatic heterocycles. The first-order valence-corrected chi connectivity index (χ1v) is 7.67. The zero-order valence-electron chi connectivity index (χ0n) is 14.4. The Kier molecular flexibility index (Phi) is 8.67. The van der Waals surface area contributed by atoms with E-state index in [1.54, 1.807) is 14.2 Å². The van der Waals surface area contributed by atoms with Gasteiger partial charge in [-0.2, -0.15) is 0 Å². The minimum atomic E-state index is -1.00. The summed E-state index contributed by atoms with van der Waals surface area (Å²) in [6.45, 7) is 8.95. The van der Waals surface area contributed by atoms with Crippen molar-refractivity contribution in [3.63, 3.8) is 0 Å². The molecule has 1 N–H and O–H groups in total. The van der Waals surface area contributed by atoms with Crippen molar-refractivity contribution in [1.29, 1.82) is 0 Å². The lowest BCUT2D eigenvalue weighted by atomic mass is 10.1. The van der Waals surface area contributed by atoms with E-state index in [0.29, 0.717) is 0 Å². The van der Waals surface area contributed by atoms with Crippen LogP contribution in [0, 0.1) is 0 Å². The van der Waals surface area contributed by atoms with Crippen molar-refractivity contribution in [2.24, 2.45) is 0 Å². The van der Waals surface area contributed by atoms with Crippen LogP contribution in [-0.4, -0.2) is 81.4 Å². The number of ether oxygens (including phenoxy) is 2. The third kappa shape index (κ3) is 3.02. The predicted molar refractivity (Wildman–Crippen MR) is 87.2 cm³/mol. The lowest BCUT2D eigenvalue weighted by Crippen LogP contribution is -2.81. The Bertz CT molecular complexity index is 242. The molecule has 0 heterocycles. The maximum absolute atomic E-state index is 5.79. The minimum absolute atomic E-state index is 0.587. The van der Waals surface area contributed by atoms with Gasteiger partial charge in [0.2, 0.25) is 5.79 Å². The summed E-state index contributed by atoms with van der Waals surface area (Å²) >= 11 is 0. The summed E-state index contributed by atoms with van der Waals surface area (Å²) in [5.41, 5.74) is 0. The fraction of sp³-hybridized carbons (Fsp3) is 1.00. The fourth-order valence-corrected chi connectivity index (χ4v) is 3.29. The lowest BCUT2D eigenvalue weighted by Gasteiger charge is -2.59. The van der Waals surface area contributed by atoms with E-state index >= 15 is 0 Å². The van der Waals surface area contributed by atoms with Crippen molar-refractivity contribution < 1.29 is 9.47 Å². The van der Waals surface area contributed by atoms with Gasteiger partial charge in [0.25, 0.3) is 5.91 Å². The molecule has 0 aromatic carbocycles. The highest BCUT2D eigenvalue weighted by molar-refractivity contribution is 7.13. The third-order valence-electron chi connectivity index (χ3n) is 4.23. The van der Waals surface area contributed by atoms with Crippen LogP contribution in [0.5, 0.6) is 0 Å². The summed E-state index contributed by atoms with van der Waals surface area (Å²) in [4.78, 5) is 6.68. The van der Waals surface area contributed by atoms with Crippen molar-refractivity contribution in [1.82, 2.24) is 19.8 Å². The smallest absolute Gasteiger partial charge is 0.278 e. The zero-order chi connectivity index (χ0) is 16.0. The molecule has 122 valence electrons. The Morgan fingerprint density at radius 2 is 1.15 bits per heavy atom. The highest BCUT2D eigenvalue weighted by Crippen LogP contribution is 2.36. The molecule has 20 heavy (non-hydrogen) atoms. The molecule has 0 aliphatic rings. The molecule has 7 heteroatoms. The number of rotatable bonds is 10. The van der Waals surface area contributed by atoms with Gasteiger partial charge in [-0.1, -0.05) is 30.2 Å². The predicted octanol–water partition coefficient (Wildman–Crippen LogP) is 0.822. The van der Waals surface area contributed by atoms with Gasteiger partial charge in [-0.15, -0.1) is 0 Å². The second kappa shape index (κ2) is 8.59. The molecule has 0 saturated carbocycles. The number of hydrogen-bond acceptors (Lipinski definition) is 6. The van der Waals surface area contributed by atoms with Gasteiger partial charge < -0.3 is 9.47 Å². The molecule has 0 aromatic rings. The van der Waals surface area contributed by atoms with Gasteiger partial charge >= 0.3 is 0 Å². The van der Waals surface area contributed by atoms with Crippen LogP contribution in [0.4, 0.5) is 0 Å². The number of likely N-dealkylation sites (N-methyl/N-ethyl adjacent to an activating group) is 3. The monoisotopic (exact) mass is 308 g/mol. The van der Waals surface area contributed by atoms with Gasteiger partial charge in [0.05, 0.1) is 0 Å². The molecule has 0 fully saturated rings. The highest BCUT2D eigenvalue weighted by Gasteiger charge is 2.60. The molecule has 1 atom stereocenters. The molecular formula is C13H33N4O2P. The van der Waals surface area contributed by atoms with E-state index in [1.807, 2.05) is 0 Å². The average molecular weight is 308 g/mol. The van der Waals surface area contributed by atoms with Crippen molar-refractivity contribution in [2.75, 3.05) is 55.0 Å². The van der Waals surface area contributed by atoms with Crippen molar-refractivity contribution in [3.05, 3.63) is 0 Å². The van der Waals surface area contributed by atoms with Gasteiger partial charge in [0.15, 0.2) is 0 Å².